The van der Waals surface area contributed by atoms with Gasteiger partial charge in [-0.2, -0.15) is 0 Å². The zero-order valence-electron chi connectivity index (χ0n) is 18.4. The summed E-state index contributed by atoms with van der Waals surface area (Å²) in [4.78, 5) is 0. The van der Waals surface area contributed by atoms with Gasteiger partial charge in [0.25, 0.3) is 0 Å². The van der Waals surface area contributed by atoms with E-state index in [1.54, 1.807) is 0 Å². The Bertz CT molecular complexity index is 649. The summed E-state index contributed by atoms with van der Waals surface area (Å²) in [6.45, 7) is 2.80. The molecule has 2 aromatic rings. The summed E-state index contributed by atoms with van der Waals surface area (Å²) in [7, 11) is 0. The zero-order valence-corrected chi connectivity index (χ0v) is 18.4. The molecule has 0 saturated carbocycles. The number of rotatable bonds is 16. The molecular formula is C26H38O4. The van der Waals surface area contributed by atoms with Gasteiger partial charge in [-0.25, -0.2) is 0 Å². The van der Waals surface area contributed by atoms with Crippen molar-refractivity contribution in [2.24, 2.45) is 0 Å². The SMILES string of the molecule is CCCCCCCCCC(c1ccccc1OCCO)c1ccccc1OCCO. The van der Waals surface area contributed by atoms with E-state index in [0.29, 0.717) is 0 Å². The fraction of sp³-hybridized carbons (Fsp3) is 0.538. The van der Waals surface area contributed by atoms with Crippen molar-refractivity contribution in [3.05, 3.63) is 59.7 Å². The smallest absolute Gasteiger partial charge is 0.123 e. The Morgan fingerprint density at radius 3 is 1.63 bits per heavy atom. The van der Waals surface area contributed by atoms with Gasteiger partial charge in [-0.1, -0.05) is 88.3 Å². The molecule has 0 saturated heterocycles. The summed E-state index contributed by atoms with van der Waals surface area (Å²) in [6, 6.07) is 16.2. The van der Waals surface area contributed by atoms with Gasteiger partial charge in [-0.3, -0.25) is 0 Å². The molecule has 30 heavy (non-hydrogen) atoms. The Kier molecular flexibility index (Phi) is 12.0. The van der Waals surface area contributed by atoms with E-state index in [0.717, 1.165) is 35.5 Å². The van der Waals surface area contributed by atoms with Crippen LogP contribution in [0.4, 0.5) is 0 Å². The molecule has 4 nitrogen and oxygen atoms in total. The molecule has 2 rings (SSSR count). The van der Waals surface area contributed by atoms with Gasteiger partial charge in [0.1, 0.15) is 24.7 Å². The van der Waals surface area contributed by atoms with E-state index in [-0.39, 0.29) is 32.3 Å². The van der Waals surface area contributed by atoms with E-state index in [9.17, 15) is 10.2 Å². The molecule has 0 bridgehead atoms. The highest BCUT2D eigenvalue weighted by atomic mass is 16.5. The monoisotopic (exact) mass is 414 g/mol. The Morgan fingerprint density at radius 2 is 1.13 bits per heavy atom. The third kappa shape index (κ3) is 8.00. The normalized spacial score (nSPS) is 11.1. The summed E-state index contributed by atoms with van der Waals surface area (Å²) in [5, 5.41) is 18.4. The average Bonchev–Trinajstić information content (AvgIpc) is 2.79. The van der Waals surface area contributed by atoms with Crippen LogP contribution in [0.5, 0.6) is 11.5 Å². The molecule has 0 aliphatic heterocycles. The first-order valence-electron chi connectivity index (χ1n) is 11.5. The molecule has 0 spiro atoms. The van der Waals surface area contributed by atoms with Crippen LogP contribution >= 0.6 is 0 Å². The lowest BCUT2D eigenvalue weighted by molar-refractivity contribution is 0.198. The van der Waals surface area contributed by atoms with Crippen molar-refractivity contribution in [2.75, 3.05) is 26.4 Å². The van der Waals surface area contributed by atoms with Crippen LogP contribution in [-0.2, 0) is 0 Å². The van der Waals surface area contributed by atoms with Crippen molar-refractivity contribution >= 4 is 0 Å². The van der Waals surface area contributed by atoms with Crippen molar-refractivity contribution in [3.8, 4) is 11.5 Å². The summed E-state index contributed by atoms with van der Waals surface area (Å²) >= 11 is 0. The van der Waals surface area contributed by atoms with Gasteiger partial charge in [0.05, 0.1) is 13.2 Å². The van der Waals surface area contributed by atoms with Crippen LogP contribution in [0.2, 0.25) is 0 Å². The molecule has 0 heterocycles. The number of hydrogen-bond acceptors (Lipinski definition) is 4. The van der Waals surface area contributed by atoms with Crippen molar-refractivity contribution in [1.82, 2.24) is 0 Å². The van der Waals surface area contributed by atoms with Crippen LogP contribution in [0.3, 0.4) is 0 Å². The Labute approximate surface area is 181 Å². The predicted octanol–water partition coefficient (Wildman–Crippen LogP) is 5.70. The van der Waals surface area contributed by atoms with E-state index in [2.05, 4.69) is 19.1 Å². The number of unbranched alkanes of at least 4 members (excludes halogenated alkanes) is 6. The second-order valence-electron chi connectivity index (χ2n) is 7.68. The van der Waals surface area contributed by atoms with Crippen molar-refractivity contribution in [1.29, 1.82) is 0 Å². The topological polar surface area (TPSA) is 58.9 Å². The number of para-hydroxylation sites is 2. The summed E-state index contributed by atoms with van der Waals surface area (Å²) in [5.74, 6) is 1.78. The van der Waals surface area contributed by atoms with Crippen LogP contribution < -0.4 is 9.47 Å². The highest BCUT2D eigenvalue weighted by molar-refractivity contribution is 5.47. The molecule has 166 valence electrons. The largest absolute Gasteiger partial charge is 0.491 e. The highest BCUT2D eigenvalue weighted by Crippen LogP contribution is 2.39. The van der Waals surface area contributed by atoms with Crippen LogP contribution in [0.1, 0.15) is 75.3 Å². The van der Waals surface area contributed by atoms with Crippen molar-refractivity contribution < 1.29 is 19.7 Å². The van der Waals surface area contributed by atoms with E-state index in [4.69, 9.17) is 9.47 Å². The summed E-state index contributed by atoms with van der Waals surface area (Å²) in [5.41, 5.74) is 2.24. The second-order valence-corrected chi connectivity index (χ2v) is 7.68. The maximum atomic E-state index is 9.21. The molecule has 2 N–H and O–H groups in total. The number of benzene rings is 2. The second kappa shape index (κ2) is 14.9. The van der Waals surface area contributed by atoms with Gasteiger partial charge in [-0.15, -0.1) is 0 Å². The lowest BCUT2D eigenvalue weighted by Gasteiger charge is -2.23. The van der Waals surface area contributed by atoms with Crippen LogP contribution in [0.15, 0.2) is 48.5 Å². The first-order valence-corrected chi connectivity index (χ1v) is 11.5. The number of aliphatic hydroxyl groups is 2. The molecule has 0 atom stereocenters. The van der Waals surface area contributed by atoms with E-state index < -0.39 is 0 Å². The molecule has 0 unspecified atom stereocenters. The number of aliphatic hydroxyl groups excluding tert-OH is 2. The molecule has 0 fully saturated rings. The minimum absolute atomic E-state index is 0.00699. The van der Waals surface area contributed by atoms with E-state index in [1.807, 2.05) is 36.4 Å². The Morgan fingerprint density at radius 1 is 0.667 bits per heavy atom. The molecule has 0 aliphatic rings. The quantitative estimate of drug-likeness (QED) is 0.346. The van der Waals surface area contributed by atoms with Gasteiger partial charge in [0.15, 0.2) is 0 Å². The van der Waals surface area contributed by atoms with Crippen LogP contribution in [0, 0.1) is 0 Å². The minimum Gasteiger partial charge on any atom is -0.491 e. The third-order valence-electron chi connectivity index (χ3n) is 5.38. The van der Waals surface area contributed by atoms with E-state index >= 15 is 0 Å². The lowest BCUT2D eigenvalue weighted by Crippen LogP contribution is -2.10. The van der Waals surface area contributed by atoms with Gasteiger partial charge in [-0.05, 0) is 18.6 Å². The fourth-order valence-electron chi connectivity index (χ4n) is 3.90. The Hall–Kier alpha value is -2.04. The fourth-order valence-corrected chi connectivity index (χ4v) is 3.90. The molecule has 0 amide bonds. The summed E-state index contributed by atoms with van der Waals surface area (Å²) < 4.78 is 11.7. The molecular weight excluding hydrogens is 376 g/mol. The van der Waals surface area contributed by atoms with Gasteiger partial charge in [0, 0.05) is 17.0 Å². The minimum atomic E-state index is -0.00699. The van der Waals surface area contributed by atoms with Crippen molar-refractivity contribution in [3.63, 3.8) is 0 Å². The third-order valence-corrected chi connectivity index (χ3v) is 5.38. The average molecular weight is 415 g/mol. The maximum Gasteiger partial charge on any atom is 0.123 e. The molecule has 4 heteroatoms. The van der Waals surface area contributed by atoms with Gasteiger partial charge in [0.2, 0.25) is 0 Å². The molecule has 0 radical (unpaired) electrons. The molecule has 0 aromatic heterocycles. The van der Waals surface area contributed by atoms with Crippen LogP contribution in [0.25, 0.3) is 0 Å². The van der Waals surface area contributed by atoms with Crippen LogP contribution in [-0.4, -0.2) is 36.6 Å². The van der Waals surface area contributed by atoms with E-state index in [1.165, 1.54) is 38.5 Å². The highest BCUT2D eigenvalue weighted by Gasteiger charge is 2.21. The standard InChI is InChI=1S/C26H38O4/c1-2-3-4-5-6-7-8-13-22(23-14-9-11-16-25(23)29-20-18-27)24-15-10-12-17-26(24)30-21-19-28/h9-12,14-17,22,27-28H,2-8,13,18-21H2,1H3. The zero-order chi connectivity index (χ0) is 21.4. The predicted molar refractivity (Wildman–Crippen MR) is 122 cm³/mol. The first kappa shape index (κ1) is 24.2. The Balaban J connectivity index is 2.20. The molecule has 2 aromatic carbocycles. The number of ether oxygens (including phenoxy) is 2. The van der Waals surface area contributed by atoms with Crippen molar-refractivity contribution in [2.45, 2.75) is 64.2 Å². The first-order chi connectivity index (χ1) is 14.8. The van der Waals surface area contributed by atoms with Gasteiger partial charge < -0.3 is 19.7 Å². The molecule has 0 aliphatic carbocycles. The maximum absolute atomic E-state index is 9.21. The summed E-state index contributed by atoms with van der Waals surface area (Å²) in [6.07, 6.45) is 9.88. The number of hydrogen-bond donors (Lipinski definition) is 2. The lowest BCUT2D eigenvalue weighted by atomic mass is 9.85. The van der Waals surface area contributed by atoms with Gasteiger partial charge >= 0.3 is 0 Å².